The highest BCUT2D eigenvalue weighted by atomic mass is 35.5. The number of amides is 1. The molecule has 0 atom stereocenters. The highest BCUT2D eigenvalue weighted by Crippen LogP contribution is 2.22. The quantitative estimate of drug-likeness (QED) is 0.346. The highest BCUT2D eigenvalue weighted by molar-refractivity contribution is 7.99. The first-order valence-electron chi connectivity index (χ1n) is 8.76. The first kappa shape index (κ1) is 20.4. The molecule has 0 bridgehead atoms. The smallest absolute Gasteiger partial charge is 0.266 e. The number of carbonyl (C=O) groups excluding carboxylic acids is 1. The molecule has 2 aromatic carbocycles. The van der Waals surface area contributed by atoms with Crippen molar-refractivity contribution in [2.75, 3.05) is 26.0 Å². The molecule has 1 aromatic heterocycles. The fourth-order valence-corrected chi connectivity index (χ4v) is 3.62. The van der Waals surface area contributed by atoms with Crippen molar-refractivity contribution in [2.24, 2.45) is 0 Å². The van der Waals surface area contributed by atoms with Crippen LogP contribution in [0.1, 0.15) is 6.42 Å². The Balaban J connectivity index is 1.89. The highest BCUT2D eigenvalue weighted by Gasteiger charge is 2.14. The lowest BCUT2D eigenvalue weighted by Gasteiger charge is -2.13. The number of nitrogens with one attached hydrogen (secondary N) is 1. The molecule has 1 amide bonds. The molecule has 8 heteroatoms. The van der Waals surface area contributed by atoms with Gasteiger partial charge in [-0.15, -0.1) is 0 Å². The van der Waals surface area contributed by atoms with E-state index in [9.17, 15) is 9.59 Å². The van der Waals surface area contributed by atoms with E-state index in [2.05, 4.69) is 10.3 Å². The zero-order valence-corrected chi connectivity index (χ0v) is 16.9. The lowest BCUT2D eigenvalue weighted by atomic mass is 10.2. The molecule has 0 radical (unpaired) electrons. The van der Waals surface area contributed by atoms with E-state index in [1.165, 1.54) is 16.3 Å². The number of methoxy groups -OCH3 is 1. The summed E-state index contributed by atoms with van der Waals surface area (Å²) in [5.41, 5.74) is 1.06. The molecule has 0 aliphatic heterocycles. The number of para-hydroxylation sites is 1. The van der Waals surface area contributed by atoms with Crippen LogP contribution >= 0.6 is 23.4 Å². The minimum atomic E-state index is -0.184. The lowest BCUT2D eigenvalue weighted by molar-refractivity contribution is -0.118. The van der Waals surface area contributed by atoms with Gasteiger partial charge >= 0.3 is 0 Å². The van der Waals surface area contributed by atoms with Crippen molar-refractivity contribution in [3.05, 3.63) is 63.9 Å². The molecule has 3 aromatic rings. The number of halogens is 1. The van der Waals surface area contributed by atoms with Gasteiger partial charge in [0.05, 0.1) is 22.3 Å². The van der Waals surface area contributed by atoms with Crippen LogP contribution in [0.4, 0.5) is 0 Å². The largest absolute Gasteiger partial charge is 0.385 e. The summed E-state index contributed by atoms with van der Waals surface area (Å²) in [5.74, 6) is 0.0388. The van der Waals surface area contributed by atoms with Crippen molar-refractivity contribution in [3.63, 3.8) is 0 Å². The predicted octanol–water partition coefficient (Wildman–Crippen LogP) is 3.28. The molecule has 0 aliphatic carbocycles. The van der Waals surface area contributed by atoms with Crippen LogP contribution in [-0.4, -0.2) is 41.5 Å². The standard InChI is InChI=1S/C20H20ClN3O3S/c1-27-12-4-11-22-18(25)13-28-20-23-17-6-3-2-5-16(17)19(26)24(20)15-9-7-14(21)8-10-15/h2-3,5-10H,4,11-13H2,1H3,(H,22,25). The number of nitrogens with zero attached hydrogens (tertiary/aromatic N) is 2. The van der Waals surface area contributed by atoms with Gasteiger partial charge in [0.25, 0.3) is 5.56 Å². The molecule has 0 fully saturated rings. The Bertz CT molecular complexity index is 1020. The second-order valence-corrected chi connectivity index (χ2v) is 7.39. The van der Waals surface area contributed by atoms with Crippen LogP contribution < -0.4 is 10.9 Å². The number of hydrogen-bond donors (Lipinski definition) is 1. The van der Waals surface area contributed by atoms with Crippen LogP contribution in [0.5, 0.6) is 0 Å². The Morgan fingerprint density at radius 1 is 1.21 bits per heavy atom. The van der Waals surface area contributed by atoms with Gasteiger partial charge in [0.2, 0.25) is 5.91 Å². The Labute approximate surface area is 171 Å². The van der Waals surface area contributed by atoms with Gasteiger partial charge in [0.15, 0.2) is 5.16 Å². The van der Waals surface area contributed by atoms with Crippen molar-refractivity contribution >= 4 is 40.2 Å². The van der Waals surface area contributed by atoms with Gasteiger partial charge in [-0.1, -0.05) is 35.5 Å². The molecule has 0 saturated heterocycles. The van der Waals surface area contributed by atoms with Crippen LogP contribution in [0, 0.1) is 0 Å². The van der Waals surface area contributed by atoms with E-state index in [-0.39, 0.29) is 17.2 Å². The summed E-state index contributed by atoms with van der Waals surface area (Å²) < 4.78 is 6.48. The number of thioether (sulfide) groups is 1. The lowest BCUT2D eigenvalue weighted by Crippen LogP contribution is -2.28. The summed E-state index contributed by atoms with van der Waals surface area (Å²) in [6.45, 7) is 1.14. The summed E-state index contributed by atoms with van der Waals surface area (Å²) in [6.07, 6.45) is 0.747. The van der Waals surface area contributed by atoms with Crippen molar-refractivity contribution in [1.82, 2.24) is 14.9 Å². The van der Waals surface area contributed by atoms with E-state index in [1.54, 1.807) is 49.6 Å². The number of carbonyl (C=O) groups is 1. The van der Waals surface area contributed by atoms with Gasteiger partial charge in [-0.3, -0.25) is 14.2 Å². The van der Waals surface area contributed by atoms with Crippen molar-refractivity contribution in [1.29, 1.82) is 0 Å². The Morgan fingerprint density at radius 3 is 2.71 bits per heavy atom. The van der Waals surface area contributed by atoms with Gasteiger partial charge < -0.3 is 10.1 Å². The average molecular weight is 418 g/mol. The van der Waals surface area contributed by atoms with Crippen molar-refractivity contribution in [2.45, 2.75) is 11.6 Å². The minimum Gasteiger partial charge on any atom is -0.385 e. The summed E-state index contributed by atoms with van der Waals surface area (Å²) in [5, 5.41) is 4.39. The molecular weight excluding hydrogens is 398 g/mol. The molecule has 6 nitrogen and oxygen atoms in total. The van der Waals surface area contributed by atoms with Gasteiger partial charge in [-0.25, -0.2) is 4.98 Å². The van der Waals surface area contributed by atoms with Crippen LogP contribution in [-0.2, 0) is 9.53 Å². The third kappa shape index (κ3) is 4.92. The maximum atomic E-state index is 13.1. The molecule has 146 valence electrons. The third-order valence-corrected chi connectivity index (χ3v) is 5.20. The SMILES string of the molecule is COCCCNC(=O)CSc1nc2ccccc2c(=O)n1-c1ccc(Cl)cc1. The van der Waals surface area contributed by atoms with Crippen molar-refractivity contribution < 1.29 is 9.53 Å². The monoisotopic (exact) mass is 417 g/mol. The van der Waals surface area contributed by atoms with Crippen molar-refractivity contribution in [3.8, 4) is 5.69 Å². The van der Waals surface area contributed by atoms with E-state index in [0.717, 1.165) is 6.42 Å². The third-order valence-electron chi connectivity index (χ3n) is 4.01. The second kappa shape index (κ2) is 9.73. The Hall–Kier alpha value is -2.35. The topological polar surface area (TPSA) is 73.2 Å². The average Bonchev–Trinajstić information content (AvgIpc) is 2.71. The van der Waals surface area contributed by atoms with E-state index < -0.39 is 0 Å². The molecule has 0 spiro atoms. The van der Waals surface area contributed by atoms with Crippen LogP contribution in [0.25, 0.3) is 16.6 Å². The molecule has 0 aliphatic rings. The summed E-state index contributed by atoms with van der Waals surface area (Å²) in [7, 11) is 1.62. The zero-order chi connectivity index (χ0) is 19.9. The van der Waals surface area contributed by atoms with E-state index in [1.807, 2.05) is 6.07 Å². The fraction of sp³-hybridized carbons (Fsp3) is 0.250. The molecular formula is C20H20ClN3O3S. The zero-order valence-electron chi connectivity index (χ0n) is 15.4. The number of hydrogen-bond acceptors (Lipinski definition) is 5. The number of fused-ring (bicyclic) bond motifs is 1. The summed E-state index contributed by atoms with van der Waals surface area (Å²) >= 11 is 7.20. The van der Waals surface area contributed by atoms with E-state index in [4.69, 9.17) is 16.3 Å². The maximum Gasteiger partial charge on any atom is 0.266 e. The molecule has 1 heterocycles. The number of aromatic nitrogens is 2. The molecule has 28 heavy (non-hydrogen) atoms. The first-order valence-corrected chi connectivity index (χ1v) is 10.1. The van der Waals surface area contributed by atoms with Crippen LogP contribution in [0.3, 0.4) is 0 Å². The minimum absolute atomic E-state index is 0.119. The van der Waals surface area contributed by atoms with Crippen LogP contribution in [0.15, 0.2) is 58.5 Å². The molecule has 1 N–H and O–H groups in total. The molecule has 0 saturated carbocycles. The first-order chi connectivity index (χ1) is 13.6. The predicted molar refractivity (Wildman–Crippen MR) is 113 cm³/mol. The second-order valence-electron chi connectivity index (χ2n) is 6.01. The fourth-order valence-electron chi connectivity index (χ4n) is 2.65. The maximum absolute atomic E-state index is 13.1. The molecule has 0 unspecified atom stereocenters. The van der Waals surface area contributed by atoms with Gasteiger partial charge in [0, 0.05) is 25.3 Å². The van der Waals surface area contributed by atoms with E-state index in [0.29, 0.717) is 39.9 Å². The normalized spacial score (nSPS) is 10.9. The van der Waals surface area contributed by atoms with Gasteiger partial charge in [0.1, 0.15) is 0 Å². The Kier molecular flexibility index (Phi) is 7.08. The number of ether oxygens (including phenoxy) is 1. The van der Waals surface area contributed by atoms with Crippen LogP contribution in [0.2, 0.25) is 5.02 Å². The van der Waals surface area contributed by atoms with Gasteiger partial charge in [-0.2, -0.15) is 0 Å². The summed E-state index contributed by atoms with van der Waals surface area (Å²) in [4.78, 5) is 29.8. The van der Waals surface area contributed by atoms with Gasteiger partial charge in [-0.05, 0) is 42.8 Å². The Morgan fingerprint density at radius 2 is 1.96 bits per heavy atom. The number of rotatable bonds is 8. The molecule has 3 rings (SSSR count). The van der Waals surface area contributed by atoms with E-state index >= 15 is 0 Å². The summed E-state index contributed by atoms with van der Waals surface area (Å²) in [6, 6.07) is 14.1. The number of benzene rings is 2.